The summed E-state index contributed by atoms with van der Waals surface area (Å²) in [5.74, 6) is 1.78. The first-order chi connectivity index (χ1) is 13.8. The molecular formula is C24H30N2O2+2. The van der Waals surface area contributed by atoms with Gasteiger partial charge in [-0.25, -0.2) is 0 Å². The van der Waals surface area contributed by atoms with Gasteiger partial charge in [0.2, 0.25) is 0 Å². The van der Waals surface area contributed by atoms with Gasteiger partial charge in [0.1, 0.15) is 50.8 Å². The van der Waals surface area contributed by atoms with Crippen LogP contribution in [0.5, 0.6) is 11.5 Å². The number of nitrogens with one attached hydrogen (secondary N) is 2. The molecule has 3 aromatic carbocycles. The zero-order chi connectivity index (χ0) is 19.3. The van der Waals surface area contributed by atoms with Gasteiger partial charge in [0, 0.05) is 17.2 Å². The smallest absolute Gasteiger partial charge is 0.131 e. The van der Waals surface area contributed by atoms with Gasteiger partial charge in [0.25, 0.3) is 0 Å². The summed E-state index contributed by atoms with van der Waals surface area (Å²) in [4.78, 5) is 3.31. The number of quaternary nitrogens is 2. The third kappa shape index (κ3) is 4.13. The van der Waals surface area contributed by atoms with Crippen molar-refractivity contribution in [1.29, 1.82) is 0 Å². The fourth-order valence-corrected chi connectivity index (χ4v) is 4.29. The molecule has 28 heavy (non-hydrogen) atoms. The number of hydrogen-bond acceptors (Lipinski definition) is 2. The molecule has 3 aromatic rings. The number of piperazine rings is 1. The minimum atomic E-state index is 0.847. The monoisotopic (exact) mass is 378 g/mol. The minimum absolute atomic E-state index is 0.847. The van der Waals surface area contributed by atoms with E-state index in [0.29, 0.717) is 0 Å². The summed E-state index contributed by atoms with van der Waals surface area (Å²) in [5, 5.41) is 2.74. The molecule has 4 rings (SSSR count). The third-order valence-electron chi connectivity index (χ3n) is 5.92. The van der Waals surface area contributed by atoms with Gasteiger partial charge in [-0.3, -0.25) is 0 Å². The van der Waals surface area contributed by atoms with E-state index in [4.69, 9.17) is 9.47 Å². The Morgan fingerprint density at radius 3 is 2.11 bits per heavy atom. The van der Waals surface area contributed by atoms with Crippen LogP contribution in [0.1, 0.15) is 11.1 Å². The molecule has 0 radical (unpaired) electrons. The molecule has 0 spiro atoms. The molecular weight excluding hydrogens is 348 g/mol. The lowest BCUT2D eigenvalue weighted by molar-refractivity contribution is -1.02. The molecule has 1 saturated heterocycles. The SMILES string of the molecule is COc1ccc(C[NH+]2CC[NH+](Cc3cccc4ccccc34)CC2)c(OC)c1. The molecule has 4 nitrogen and oxygen atoms in total. The Morgan fingerprint density at radius 2 is 1.39 bits per heavy atom. The number of fused-ring (bicyclic) bond motifs is 1. The predicted molar refractivity (Wildman–Crippen MR) is 112 cm³/mol. The molecule has 0 aliphatic carbocycles. The second-order valence-electron chi connectivity index (χ2n) is 7.67. The molecule has 0 unspecified atom stereocenters. The third-order valence-corrected chi connectivity index (χ3v) is 5.92. The normalized spacial score (nSPS) is 19.5. The summed E-state index contributed by atoms with van der Waals surface area (Å²) < 4.78 is 10.9. The van der Waals surface area contributed by atoms with Crippen molar-refractivity contribution in [2.75, 3.05) is 40.4 Å². The molecule has 0 amide bonds. The van der Waals surface area contributed by atoms with Gasteiger partial charge in [-0.2, -0.15) is 0 Å². The maximum Gasteiger partial charge on any atom is 0.131 e. The summed E-state index contributed by atoms with van der Waals surface area (Å²) >= 11 is 0. The number of hydrogen-bond donors (Lipinski definition) is 2. The maximum atomic E-state index is 5.57. The van der Waals surface area contributed by atoms with Crippen LogP contribution in [-0.2, 0) is 13.1 Å². The van der Waals surface area contributed by atoms with E-state index in [-0.39, 0.29) is 0 Å². The molecule has 0 aromatic heterocycles. The van der Waals surface area contributed by atoms with Crippen LogP contribution in [0.15, 0.2) is 60.7 Å². The summed E-state index contributed by atoms with van der Waals surface area (Å²) in [6.45, 7) is 6.91. The van der Waals surface area contributed by atoms with E-state index >= 15 is 0 Å². The summed E-state index contributed by atoms with van der Waals surface area (Å²) in [6.07, 6.45) is 0. The highest BCUT2D eigenvalue weighted by Crippen LogP contribution is 2.23. The standard InChI is InChI=1S/C24H28N2O2/c1-27-22-11-10-21(24(16-22)28-2)18-26-14-12-25(13-15-26)17-20-8-5-7-19-6-3-4-9-23(19)20/h3-11,16H,12-15,17-18H2,1-2H3/p+2. The summed E-state index contributed by atoms with van der Waals surface area (Å²) in [7, 11) is 3.43. The number of methoxy groups -OCH3 is 2. The van der Waals surface area contributed by atoms with Crippen molar-refractivity contribution in [3.05, 3.63) is 71.8 Å². The molecule has 1 aliphatic rings. The van der Waals surface area contributed by atoms with Gasteiger partial charge in [-0.1, -0.05) is 42.5 Å². The van der Waals surface area contributed by atoms with Crippen molar-refractivity contribution in [3.8, 4) is 11.5 Å². The maximum absolute atomic E-state index is 5.57. The highest BCUT2D eigenvalue weighted by Gasteiger charge is 2.24. The molecule has 0 saturated carbocycles. The van der Waals surface area contributed by atoms with Crippen LogP contribution >= 0.6 is 0 Å². The lowest BCUT2D eigenvalue weighted by Gasteiger charge is -2.30. The first-order valence-corrected chi connectivity index (χ1v) is 10.1. The topological polar surface area (TPSA) is 27.3 Å². The van der Waals surface area contributed by atoms with E-state index in [0.717, 1.165) is 24.6 Å². The highest BCUT2D eigenvalue weighted by molar-refractivity contribution is 5.85. The van der Waals surface area contributed by atoms with Crippen molar-refractivity contribution in [2.24, 2.45) is 0 Å². The van der Waals surface area contributed by atoms with Crippen LogP contribution in [0.4, 0.5) is 0 Å². The van der Waals surface area contributed by atoms with Gasteiger partial charge in [-0.05, 0) is 22.9 Å². The molecule has 0 atom stereocenters. The fraction of sp³-hybridized carbons (Fsp3) is 0.333. The van der Waals surface area contributed by atoms with Gasteiger partial charge in [0.15, 0.2) is 0 Å². The number of ether oxygens (including phenoxy) is 2. The van der Waals surface area contributed by atoms with Crippen LogP contribution < -0.4 is 19.3 Å². The highest BCUT2D eigenvalue weighted by atomic mass is 16.5. The molecule has 2 N–H and O–H groups in total. The van der Waals surface area contributed by atoms with E-state index in [1.54, 1.807) is 24.0 Å². The second kappa shape index (κ2) is 8.63. The Kier molecular flexibility index (Phi) is 5.79. The Bertz CT molecular complexity index is 928. The Labute approximate surface area is 167 Å². The first-order valence-electron chi connectivity index (χ1n) is 10.1. The summed E-state index contributed by atoms with van der Waals surface area (Å²) in [6, 6.07) is 21.6. The quantitative estimate of drug-likeness (QED) is 0.677. The Balaban J connectivity index is 1.37. The van der Waals surface area contributed by atoms with Gasteiger partial charge in [-0.15, -0.1) is 0 Å². The van der Waals surface area contributed by atoms with Crippen molar-refractivity contribution < 1.29 is 19.3 Å². The van der Waals surface area contributed by atoms with E-state index < -0.39 is 0 Å². The number of rotatable bonds is 6. The molecule has 1 fully saturated rings. The van der Waals surface area contributed by atoms with E-state index in [2.05, 4.69) is 48.5 Å². The zero-order valence-corrected chi connectivity index (χ0v) is 16.8. The molecule has 1 heterocycles. The molecule has 0 bridgehead atoms. The van der Waals surface area contributed by atoms with E-state index in [1.807, 2.05) is 12.1 Å². The largest absolute Gasteiger partial charge is 0.497 e. The van der Waals surface area contributed by atoms with Gasteiger partial charge < -0.3 is 19.3 Å². The van der Waals surface area contributed by atoms with Crippen LogP contribution in [0.25, 0.3) is 10.8 Å². The Morgan fingerprint density at radius 1 is 0.714 bits per heavy atom. The average Bonchev–Trinajstić information content (AvgIpc) is 2.75. The van der Waals surface area contributed by atoms with Crippen molar-refractivity contribution in [3.63, 3.8) is 0 Å². The second-order valence-corrected chi connectivity index (χ2v) is 7.67. The number of benzene rings is 3. The van der Waals surface area contributed by atoms with Crippen LogP contribution in [0.3, 0.4) is 0 Å². The van der Waals surface area contributed by atoms with Crippen molar-refractivity contribution >= 4 is 10.8 Å². The molecule has 1 aliphatic heterocycles. The molecule has 4 heteroatoms. The van der Waals surface area contributed by atoms with E-state index in [9.17, 15) is 0 Å². The van der Waals surface area contributed by atoms with Crippen LogP contribution in [-0.4, -0.2) is 40.4 Å². The zero-order valence-electron chi connectivity index (χ0n) is 16.8. The Hall–Kier alpha value is -2.56. The lowest BCUT2D eigenvalue weighted by atomic mass is 10.0. The average molecular weight is 379 g/mol. The van der Waals surface area contributed by atoms with Crippen molar-refractivity contribution in [1.82, 2.24) is 0 Å². The van der Waals surface area contributed by atoms with Gasteiger partial charge in [0.05, 0.1) is 14.2 Å². The molecule has 146 valence electrons. The summed E-state index contributed by atoms with van der Waals surface area (Å²) in [5.41, 5.74) is 2.73. The lowest BCUT2D eigenvalue weighted by Crippen LogP contribution is -3.27. The van der Waals surface area contributed by atoms with Gasteiger partial charge >= 0.3 is 0 Å². The minimum Gasteiger partial charge on any atom is -0.497 e. The fourth-order valence-electron chi connectivity index (χ4n) is 4.29. The first kappa shape index (κ1) is 18.8. The van der Waals surface area contributed by atoms with Crippen LogP contribution in [0.2, 0.25) is 0 Å². The predicted octanol–water partition coefficient (Wildman–Crippen LogP) is 1.34. The van der Waals surface area contributed by atoms with E-state index in [1.165, 1.54) is 48.1 Å². The van der Waals surface area contributed by atoms with Crippen LogP contribution in [0, 0.1) is 0 Å². The van der Waals surface area contributed by atoms with Crippen molar-refractivity contribution in [2.45, 2.75) is 13.1 Å².